The standard InChI is InChI=1S/C28H30N3/c1-18-11-19(2)20(3)26(12-18)27-14-23-10-9-22(13-24(23)17-31(27)4)25-15-29-28(30-16-25)21-7-5-6-8-21/h9-17,21H,5-8H2,1-4H3/q+1. The zero-order chi connectivity index (χ0) is 21.5. The van der Waals surface area contributed by atoms with E-state index in [4.69, 9.17) is 9.97 Å². The molecule has 0 saturated heterocycles. The van der Waals surface area contributed by atoms with Gasteiger partial charge in [-0.05, 0) is 67.8 Å². The minimum Gasteiger partial charge on any atom is -0.240 e. The van der Waals surface area contributed by atoms with Gasteiger partial charge in [0.1, 0.15) is 12.9 Å². The van der Waals surface area contributed by atoms with Crippen molar-refractivity contribution in [2.45, 2.75) is 52.4 Å². The van der Waals surface area contributed by atoms with Crippen molar-refractivity contribution in [1.29, 1.82) is 0 Å². The van der Waals surface area contributed by atoms with E-state index >= 15 is 0 Å². The summed E-state index contributed by atoms with van der Waals surface area (Å²) in [7, 11) is 2.14. The molecule has 0 radical (unpaired) electrons. The Bertz CT molecular complexity index is 1270. The number of rotatable bonds is 3. The fraction of sp³-hybridized carbons (Fsp3) is 0.321. The van der Waals surface area contributed by atoms with Crippen molar-refractivity contribution >= 4 is 10.8 Å². The third-order valence-electron chi connectivity index (χ3n) is 6.90. The van der Waals surface area contributed by atoms with E-state index in [-0.39, 0.29) is 0 Å². The fourth-order valence-electron chi connectivity index (χ4n) is 4.98. The van der Waals surface area contributed by atoms with Gasteiger partial charge in [0.15, 0.2) is 6.20 Å². The van der Waals surface area contributed by atoms with E-state index in [1.165, 1.54) is 70.0 Å². The second-order valence-corrected chi connectivity index (χ2v) is 9.18. The van der Waals surface area contributed by atoms with Gasteiger partial charge in [0.25, 0.3) is 0 Å². The molecule has 4 aromatic rings. The Morgan fingerprint density at radius 2 is 1.58 bits per heavy atom. The summed E-state index contributed by atoms with van der Waals surface area (Å²) >= 11 is 0. The maximum Gasteiger partial charge on any atom is 0.213 e. The maximum atomic E-state index is 4.70. The summed E-state index contributed by atoms with van der Waals surface area (Å²) in [6.45, 7) is 6.58. The van der Waals surface area contributed by atoms with E-state index in [0.29, 0.717) is 5.92 Å². The molecular weight excluding hydrogens is 378 g/mol. The largest absolute Gasteiger partial charge is 0.240 e. The Morgan fingerprint density at radius 3 is 2.32 bits per heavy atom. The fourth-order valence-corrected chi connectivity index (χ4v) is 4.98. The van der Waals surface area contributed by atoms with Gasteiger partial charge in [0, 0.05) is 40.9 Å². The molecule has 0 amide bonds. The van der Waals surface area contributed by atoms with Crippen LogP contribution in [0.4, 0.5) is 0 Å². The summed E-state index contributed by atoms with van der Waals surface area (Å²) in [5.74, 6) is 1.57. The normalized spacial score (nSPS) is 14.5. The smallest absolute Gasteiger partial charge is 0.213 e. The van der Waals surface area contributed by atoms with E-state index in [2.05, 4.69) is 75.0 Å². The summed E-state index contributed by atoms with van der Waals surface area (Å²) in [5.41, 5.74) is 8.79. The first-order valence-electron chi connectivity index (χ1n) is 11.3. The molecule has 1 fully saturated rings. The number of nitrogens with zero attached hydrogens (tertiary/aromatic N) is 3. The minimum absolute atomic E-state index is 0.553. The van der Waals surface area contributed by atoms with E-state index in [0.717, 1.165) is 11.4 Å². The van der Waals surface area contributed by atoms with E-state index in [9.17, 15) is 0 Å². The molecule has 1 aliphatic rings. The van der Waals surface area contributed by atoms with Gasteiger partial charge in [-0.2, -0.15) is 0 Å². The molecule has 1 saturated carbocycles. The van der Waals surface area contributed by atoms with Crippen LogP contribution in [0.1, 0.15) is 54.1 Å². The highest BCUT2D eigenvalue weighted by Crippen LogP contribution is 2.33. The predicted molar refractivity (Wildman–Crippen MR) is 127 cm³/mol. The highest BCUT2D eigenvalue weighted by Gasteiger charge is 2.20. The Morgan fingerprint density at radius 1 is 0.839 bits per heavy atom. The molecule has 3 nitrogen and oxygen atoms in total. The van der Waals surface area contributed by atoms with Crippen molar-refractivity contribution in [2.24, 2.45) is 7.05 Å². The third-order valence-corrected chi connectivity index (χ3v) is 6.90. The first-order chi connectivity index (χ1) is 15.0. The van der Waals surface area contributed by atoms with Gasteiger partial charge in [-0.25, -0.2) is 14.5 Å². The van der Waals surface area contributed by atoms with Crippen LogP contribution in [0.15, 0.2) is 55.0 Å². The van der Waals surface area contributed by atoms with Gasteiger partial charge in [-0.3, -0.25) is 0 Å². The van der Waals surface area contributed by atoms with E-state index in [1.54, 1.807) is 0 Å². The third kappa shape index (κ3) is 3.74. The molecular formula is C28H30N3+. The first-order valence-corrected chi connectivity index (χ1v) is 11.3. The van der Waals surface area contributed by atoms with Crippen LogP contribution < -0.4 is 4.57 Å². The molecule has 2 heterocycles. The van der Waals surface area contributed by atoms with Crippen molar-refractivity contribution in [3.8, 4) is 22.4 Å². The highest BCUT2D eigenvalue weighted by molar-refractivity contribution is 5.88. The average Bonchev–Trinajstić information content (AvgIpc) is 3.31. The highest BCUT2D eigenvalue weighted by atomic mass is 14.9. The summed E-state index contributed by atoms with van der Waals surface area (Å²) in [6, 6.07) is 13.5. The van der Waals surface area contributed by atoms with Gasteiger partial charge in [0.05, 0.1) is 0 Å². The minimum atomic E-state index is 0.553. The SMILES string of the molecule is Cc1cc(C)c(C)c(-c2cc3ccc(-c4cnc(C5CCCC5)nc4)cc3c[n+]2C)c1. The topological polar surface area (TPSA) is 29.7 Å². The number of aromatic nitrogens is 3. The van der Waals surface area contributed by atoms with Gasteiger partial charge >= 0.3 is 0 Å². The van der Waals surface area contributed by atoms with Crippen LogP contribution in [0.25, 0.3) is 33.2 Å². The average molecular weight is 409 g/mol. The van der Waals surface area contributed by atoms with Crippen molar-refractivity contribution in [1.82, 2.24) is 9.97 Å². The predicted octanol–water partition coefficient (Wildman–Crippen LogP) is 6.37. The van der Waals surface area contributed by atoms with Crippen molar-refractivity contribution in [3.05, 3.63) is 77.5 Å². The van der Waals surface area contributed by atoms with Gasteiger partial charge < -0.3 is 0 Å². The molecule has 0 spiro atoms. The molecule has 156 valence electrons. The van der Waals surface area contributed by atoms with Crippen LogP contribution in [0, 0.1) is 20.8 Å². The second kappa shape index (κ2) is 7.88. The number of pyridine rings is 1. The van der Waals surface area contributed by atoms with Crippen LogP contribution in [0.3, 0.4) is 0 Å². The first kappa shape index (κ1) is 19.9. The Kier molecular flexibility index (Phi) is 5.05. The van der Waals surface area contributed by atoms with Gasteiger partial charge in [-0.1, -0.05) is 36.6 Å². The molecule has 0 aliphatic heterocycles. The summed E-state index contributed by atoms with van der Waals surface area (Å²) in [4.78, 5) is 9.40. The number of hydrogen-bond donors (Lipinski definition) is 0. The van der Waals surface area contributed by atoms with Gasteiger partial charge in [0.2, 0.25) is 5.69 Å². The molecule has 1 aliphatic carbocycles. The molecule has 0 atom stereocenters. The number of aryl methyl sites for hydroxylation is 3. The number of benzene rings is 2. The molecule has 2 aromatic heterocycles. The monoisotopic (exact) mass is 408 g/mol. The molecule has 3 heteroatoms. The summed E-state index contributed by atoms with van der Waals surface area (Å²) in [5, 5.41) is 2.48. The number of fused-ring (bicyclic) bond motifs is 1. The van der Waals surface area contributed by atoms with Crippen LogP contribution in [0.5, 0.6) is 0 Å². The van der Waals surface area contributed by atoms with Crippen molar-refractivity contribution in [3.63, 3.8) is 0 Å². The zero-order valence-electron chi connectivity index (χ0n) is 18.9. The Hall–Kier alpha value is -3.07. The zero-order valence-corrected chi connectivity index (χ0v) is 18.9. The molecule has 5 rings (SSSR count). The van der Waals surface area contributed by atoms with E-state index < -0.39 is 0 Å². The maximum absolute atomic E-state index is 4.70. The van der Waals surface area contributed by atoms with Crippen LogP contribution in [0.2, 0.25) is 0 Å². The van der Waals surface area contributed by atoms with Gasteiger partial charge in [-0.15, -0.1) is 0 Å². The Labute approximate surface area is 184 Å². The lowest BCUT2D eigenvalue weighted by atomic mass is 9.96. The van der Waals surface area contributed by atoms with Crippen LogP contribution in [-0.4, -0.2) is 9.97 Å². The molecule has 31 heavy (non-hydrogen) atoms. The lowest BCUT2D eigenvalue weighted by molar-refractivity contribution is -0.659. The van der Waals surface area contributed by atoms with Crippen molar-refractivity contribution in [2.75, 3.05) is 0 Å². The molecule has 0 N–H and O–H groups in total. The molecule has 2 aromatic carbocycles. The second-order valence-electron chi connectivity index (χ2n) is 9.18. The Balaban J connectivity index is 1.52. The molecule has 0 unspecified atom stereocenters. The lowest BCUT2D eigenvalue weighted by Crippen LogP contribution is -2.30. The van der Waals surface area contributed by atoms with Crippen molar-refractivity contribution < 1.29 is 4.57 Å². The van der Waals surface area contributed by atoms with Crippen LogP contribution in [-0.2, 0) is 7.05 Å². The van der Waals surface area contributed by atoms with E-state index in [1.807, 2.05) is 12.4 Å². The summed E-state index contributed by atoms with van der Waals surface area (Å²) < 4.78 is 2.24. The quantitative estimate of drug-likeness (QED) is 0.369. The van der Waals surface area contributed by atoms with Crippen LogP contribution >= 0.6 is 0 Å². The number of hydrogen-bond acceptors (Lipinski definition) is 2. The summed E-state index contributed by atoms with van der Waals surface area (Å²) in [6.07, 6.45) is 11.3. The lowest BCUT2D eigenvalue weighted by Gasteiger charge is -2.11. The molecule has 0 bridgehead atoms.